The molecule has 4 aromatic rings. The lowest BCUT2D eigenvalue weighted by molar-refractivity contribution is -0.151. The summed E-state index contributed by atoms with van der Waals surface area (Å²) in [5, 5.41) is 12.5. The Labute approximate surface area is 271 Å². The number of aliphatic carboxylic acids is 1. The molecule has 2 aromatic heterocycles. The number of hydrogen-bond donors (Lipinski definition) is 2. The van der Waals surface area contributed by atoms with E-state index in [0.717, 1.165) is 47.4 Å². The van der Waals surface area contributed by atoms with Crippen molar-refractivity contribution in [1.29, 1.82) is 0 Å². The molecule has 0 aliphatic rings. The summed E-state index contributed by atoms with van der Waals surface area (Å²) >= 11 is 0. The number of ether oxygens (including phenoxy) is 2. The summed E-state index contributed by atoms with van der Waals surface area (Å²) in [5.74, 6) is 0.169. The van der Waals surface area contributed by atoms with Crippen LogP contribution < -0.4 is 14.8 Å². The van der Waals surface area contributed by atoms with Crippen molar-refractivity contribution < 1.29 is 24.2 Å². The lowest BCUT2D eigenvalue weighted by Crippen LogP contribution is -2.34. The summed E-state index contributed by atoms with van der Waals surface area (Å²) in [4.78, 5) is 33.3. The number of pyridine rings is 2. The molecule has 2 heterocycles. The fourth-order valence-electron chi connectivity index (χ4n) is 5.07. The zero-order valence-electron chi connectivity index (χ0n) is 26.9. The standard InChI is InChI=1S/C38H43N3O5/c1-4-38(5-2,37(43)44)25-35(42)40-32-13-8-11-30(24-32)17-20-34-28(3)14-21-36(41-34)45-23-7-6-10-29-15-18-33(19-16-29)46-27-31-12-9-22-39-26-31/h8-9,11-22,24,26H,4-7,10,23,25,27H2,1-3H3,(H,40,42)(H,43,44). The van der Waals surface area contributed by atoms with Crippen LogP contribution in [0.25, 0.3) is 12.2 Å². The minimum atomic E-state index is -1.05. The van der Waals surface area contributed by atoms with Gasteiger partial charge in [-0.3, -0.25) is 14.6 Å². The third kappa shape index (κ3) is 10.0. The van der Waals surface area contributed by atoms with E-state index in [1.165, 1.54) is 5.56 Å². The van der Waals surface area contributed by atoms with Gasteiger partial charge in [0.1, 0.15) is 12.4 Å². The number of anilines is 1. The summed E-state index contributed by atoms with van der Waals surface area (Å²) in [6.45, 7) is 6.68. The van der Waals surface area contributed by atoms with Crippen molar-refractivity contribution in [2.75, 3.05) is 11.9 Å². The van der Waals surface area contributed by atoms with Crippen molar-refractivity contribution in [3.63, 3.8) is 0 Å². The fraction of sp³-hybridized carbons (Fsp3) is 0.316. The number of carboxylic acids is 1. The largest absolute Gasteiger partial charge is 0.489 e. The number of nitrogens with zero attached hydrogens (tertiary/aromatic N) is 2. The number of carboxylic acid groups (broad SMARTS) is 1. The second-order valence-corrected chi connectivity index (χ2v) is 11.4. The first kappa shape index (κ1) is 33.9. The Morgan fingerprint density at radius 2 is 1.72 bits per heavy atom. The number of aromatic nitrogens is 2. The minimum Gasteiger partial charge on any atom is -0.489 e. The predicted molar refractivity (Wildman–Crippen MR) is 182 cm³/mol. The first-order valence-corrected chi connectivity index (χ1v) is 15.8. The predicted octanol–water partition coefficient (Wildman–Crippen LogP) is 8.16. The molecular formula is C38H43N3O5. The molecule has 0 aliphatic heterocycles. The van der Waals surface area contributed by atoms with Gasteiger partial charge in [0.15, 0.2) is 0 Å². The Morgan fingerprint density at radius 3 is 2.43 bits per heavy atom. The summed E-state index contributed by atoms with van der Waals surface area (Å²) in [6, 6.07) is 23.4. The van der Waals surface area contributed by atoms with Crippen LogP contribution in [0, 0.1) is 12.3 Å². The molecule has 0 aliphatic carbocycles. The highest BCUT2D eigenvalue weighted by atomic mass is 16.5. The molecule has 0 bridgehead atoms. The molecule has 46 heavy (non-hydrogen) atoms. The molecule has 0 radical (unpaired) electrons. The number of carbonyl (C=O) groups excluding carboxylic acids is 1. The highest BCUT2D eigenvalue weighted by molar-refractivity contribution is 5.94. The zero-order chi connectivity index (χ0) is 32.8. The Bertz CT molecular complexity index is 1600. The third-order valence-electron chi connectivity index (χ3n) is 8.18. The lowest BCUT2D eigenvalue weighted by atomic mass is 9.79. The van der Waals surface area contributed by atoms with Gasteiger partial charge in [0.25, 0.3) is 0 Å². The smallest absolute Gasteiger partial charge is 0.310 e. The van der Waals surface area contributed by atoms with Gasteiger partial charge in [0, 0.05) is 36.1 Å². The number of hydrogen-bond acceptors (Lipinski definition) is 6. The van der Waals surface area contributed by atoms with Gasteiger partial charge in [-0.25, -0.2) is 4.98 Å². The number of rotatable bonds is 17. The number of benzene rings is 2. The highest BCUT2D eigenvalue weighted by Crippen LogP contribution is 2.31. The van der Waals surface area contributed by atoms with E-state index in [4.69, 9.17) is 9.47 Å². The Balaban J connectivity index is 1.23. The van der Waals surface area contributed by atoms with Crippen LogP contribution >= 0.6 is 0 Å². The highest BCUT2D eigenvalue weighted by Gasteiger charge is 2.37. The average Bonchev–Trinajstić information content (AvgIpc) is 3.07. The van der Waals surface area contributed by atoms with Crippen LogP contribution in [-0.2, 0) is 22.6 Å². The number of unbranched alkanes of at least 4 members (excludes halogenated alkanes) is 1. The van der Waals surface area contributed by atoms with E-state index in [1.807, 2.05) is 79.9 Å². The Morgan fingerprint density at radius 1 is 0.913 bits per heavy atom. The van der Waals surface area contributed by atoms with Gasteiger partial charge in [-0.2, -0.15) is 0 Å². The maximum atomic E-state index is 12.7. The second-order valence-electron chi connectivity index (χ2n) is 11.4. The molecule has 0 unspecified atom stereocenters. The fourth-order valence-corrected chi connectivity index (χ4v) is 5.07. The maximum absolute atomic E-state index is 12.7. The van der Waals surface area contributed by atoms with E-state index in [0.29, 0.717) is 37.6 Å². The van der Waals surface area contributed by atoms with Gasteiger partial charge in [0.05, 0.1) is 17.7 Å². The monoisotopic (exact) mass is 621 g/mol. The second kappa shape index (κ2) is 16.9. The van der Waals surface area contributed by atoms with E-state index in [9.17, 15) is 14.7 Å². The molecule has 0 saturated carbocycles. The van der Waals surface area contributed by atoms with Crippen molar-refractivity contribution in [1.82, 2.24) is 9.97 Å². The minimum absolute atomic E-state index is 0.0677. The van der Waals surface area contributed by atoms with Crippen molar-refractivity contribution in [3.8, 4) is 11.6 Å². The van der Waals surface area contributed by atoms with Crippen LogP contribution in [0.15, 0.2) is 85.2 Å². The van der Waals surface area contributed by atoms with E-state index < -0.39 is 11.4 Å². The van der Waals surface area contributed by atoms with Crippen LogP contribution in [-0.4, -0.2) is 33.6 Å². The van der Waals surface area contributed by atoms with E-state index >= 15 is 0 Å². The molecule has 1 amide bonds. The van der Waals surface area contributed by atoms with E-state index in [-0.39, 0.29) is 12.3 Å². The molecule has 2 aromatic carbocycles. The first-order valence-electron chi connectivity index (χ1n) is 15.8. The van der Waals surface area contributed by atoms with Gasteiger partial charge in [-0.1, -0.05) is 56.3 Å². The molecule has 0 atom stereocenters. The van der Waals surface area contributed by atoms with Crippen LogP contribution in [0.5, 0.6) is 11.6 Å². The molecule has 0 fully saturated rings. The number of nitrogens with one attached hydrogen (secondary N) is 1. The topological polar surface area (TPSA) is 111 Å². The van der Waals surface area contributed by atoms with Crippen LogP contribution in [0.3, 0.4) is 0 Å². The van der Waals surface area contributed by atoms with Crippen LogP contribution in [0.2, 0.25) is 0 Å². The normalized spacial score (nSPS) is 11.4. The van der Waals surface area contributed by atoms with Gasteiger partial charge in [0.2, 0.25) is 11.8 Å². The number of amides is 1. The molecule has 0 saturated heterocycles. The number of carbonyl (C=O) groups is 2. The maximum Gasteiger partial charge on any atom is 0.310 e. The molecule has 0 spiro atoms. The third-order valence-corrected chi connectivity index (χ3v) is 8.18. The van der Waals surface area contributed by atoms with Crippen molar-refractivity contribution in [2.45, 2.75) is 65.9 Å². The lowest BCUT2D eigenvalue weighted by Gasteiger charge is -2.25. The van der Waals surface area contributed by atoms with Crippen molar-refractivity contribution >= 4 is 29.7 Å². The number of aryl methyl sites for hydroxylation is 2. The summed E-state index contributed by atoms with van der Waals surface area (Å²) in [6.07, 6.45) is 11.0. The van der Waals surface area contributed by atoms with Crippen LogP contribution in [0.1, 0.15) is 73.9 Å². The van der Waals surface area contributed by atoms with Gasteiger partial charge in [-0.05, 0) is 92.1 Å². The van der Waals surface area contributed by atoms with Crippen molar-refractivity contribution in [2.24, 2.45) is 5.41 Å². The molecule has 4 rings (SSSR count). The molecule has 240 valence electrons. The quantitative estimate of drug-likeness (QED) is 0.114. The van der Waals surface area contributed by atoms with Crippen molar-refractivity contribution in [3.05, 3.63) is 113 Å². The molecule has 8 heteroatoms. The van der Waals surface area contributed by atoms with Gasteiger partial charge in [-0.15, -0.1) is 0 Å². The summed E-state index contributed by atoms with van der Waals surface area (Å²) in [5.41, 5.74) is 4.56. The first-order chi connectivity index (χ1) is 22.3. The zero-order valence-corrected chi connectivity index (χ0v) is 26.9. The van der Waals surface area contributed by atoms with Gasteiger partial charge < -0.3 is 19.9 Å². The average molecular weight is 622 g/mol. The Hall–Kier alpha value is -4.98. The SMILES string of the molecule is CCC(CC)(CC(=O)Nc1cccc(C=Cc2nc(OCCCCc3ccc(OCc4cccnc4)cc3)ccc2C)c1)C(=O)O. The summed E-state index contributed by atoms with van der Waals surface area (Å²) in [7, 11) is 0. The Kier molecular flexibility index (Phi) is 12.5. The molecule has 8 nitrogen and oxygen atoms in total. The van der Waals surface area contributed by atoms with E-state index in [2.05, 4.69) is 27.4 Å². The summed E-state index contributed by atoms with van der Waals surface area (Å²) < 4.78 is 11.8. The van der Waals surface area contributed by atoms with E-state index in [1.54, 1.807) is 26.1 Å². The molecule has 2 N–H and O–H groups in total. The van der Waals surface area contributed by atoms with Crippen LogP contribution in [0.4, 0.5) is 5.69 Å². The molecular weight excluding hydrogens is 578 g/mol. The van der Waals surface area contributed by atoms with Gasteiger partial charge >= 0.3 is 5.97 Å².